The molecule has 0 unspecified atom stereocenters. The smallest absolute Gasteiger partial charge is 0.230 e. The number of carbonyl (C=O) groups excluding carboxylic acids is 1. The summed E-state index contributed by atoms with van der Waals surface area (Å²) >= 11 is 0. The molecule has 0 atom stereocenters. The van der Waals surface area contributed by atoms with Gasteiger partial charge in [0.25, 0.3) is 0 Å². The molecule has 0 heterocycles. The van der Waals surface area contributed by atoms with Crippen LogP contribution in [0.2, 0.25) is 0 Å². The molecule has 0 aromatic heterocycles. The van der Waals surface area contributed by atoms with Gasteiger partial charge in [0.05, 0.1) is 5.41 Å². The first-order chi connectivity index (χ1) is 11.1. The van der Waals surface area contributed by atoms with E-state index >= 15 is 0 Å². The molecule has 120 valence electrons. The van der Waals surface area contributed by atoms with Crippen molar-refractivity contribution in [1.29, 1.82) is 0 Å². The number of benzene rings is 2. The molecule has 0 aliphatic heterocycles. The fourth-order valence-corrected chi connectivity index (χ4v) is 3.01. The van der Waals surface area contributed by atoms with Gasteiger partial charge in [-0.05, 0) is 43.6 Å². The van der Waals surface area contributed by atoms with Crippen LogP contribution in [0.4, 0.5) is 0 Å². The van der Waals surface area contributed by atoms with Crippen LogP contribution in [-0.4, -0.2) is 24.9 Å². The van der Waals surface area contributed by atoms with E-state index < -0.39 is 0 Å². The molecule has 0 bridgehead atoms. The van der Waals surface area contributed by atoms with Crippen molar-refractivity contribution in [2.75, 3.05) is 14.1 Å². The van der Waals surface area contributed by atoms with Crippen LogP contribution in [0.5, 0.6) is 0 Å². The van der Waals surface area contributed by atoms with Crippen molar-refractivity contribution in [3.63, 3.8) is 0 Å². The van der Waals surface area contributed by atoms with E-state index in [0.717, 1.165) is 30.5 Å². The first-order valence-electron chi connectivity index (χ1n) is 8.16. The van der Waals surface area contributed by atoms with Gasteiger partial charge < -0.3 is 10.2 Å². The molecule has 3 rings (SSSR count). The molecule has 0 radical (unpaired) electrons. The van der Waals surface area contributed by atoms with Gasteiger partial charge in [-0.2, -0.15) is 0 Å². The Morgan fingerprint density at radius 2 is 1.61 bits per heavy atom. The Morgan fingerprint density at radius 1 is 1.00 bits per heavy atom. The van der Waals surface area contributed by atoms with Crippen LogP contribution in [0.15, 0.2) is 54.6 Å². The van der Waals surface area contributed by atoms with Gasteiger partial charge >= 0.3 is 0 Å². The normalized spacial score (nSPS) is 15.4. The zero-order valence-corrected chi connectivity index (χ0v) is 13.9. The lowest BCUT2D eigenvalue weighted by Crippen LogP contribution is -2.34. The van der Waals surface area contributed by atoms with Crippen molar-refractivity contribution in [2.45, 2.75) is 31.3 Å². The highest BCUT2D eigenvalue weighted by atomic mass is 16.2. The van der Waals surface area contributed by atoms with E-state index in [0.29, 0.717) is 6.54 Å². The van der Waals surface area contributed by atoms with Gasteiger partial charge in [0, 0.05) is 13.1 Å². The van der Waals surface area contributed by atoms with Crippen molar-refractivity contribution in [2.24, 2.45) is 0 Å². The number of hydrogen-bond acceptors (Lipinski definition) is 2. The molecule has 1 saturated carbocycles. The second kappa shape index (κ2) is 6.55. The van der Waals surface area contributed by atoms with Crippen LogP contribution in [-0.2, 0) is 23.3 Å². The van der Waals surface area contributed by atoms with Crippen LogP contribution < -0.4 is 5.32 Å². The van der Waals surface area contributed by atoms with Crippen LogP contribution in [0, 0.1) is 0 Å². The highest BCUT2D eigenvalue weighted by Gasteiger charge is 2.50. The Labute approximate surface area is 138 Å². The Morgan fingerprint density at radius 3 is 2.17 bits per heavy atom. The summed E-state index contributed by atoms with van der Waals surface area (Å²) in [5.74, 6) is 0.154. The topological polar surface area (TPSA) is 32.3 Å². The zero-order chi connectivity index (χ0) is 16.3. The summed E-state index contributed by atoms with van der Waals surface area (Å²) in [6.45, 7) is 1.53. The largest absolute Gasteiger partial charge is 0.351 e. The Hall–Kier alpha value is -2.13. The van der Waals surface area contributed by atoms with Gasteiger partial charge in [0.15, 0.2) is 0 Å². The lowest BCUT2D eigenvalue weighted by molar-refractivity contribution is -0.123. The number of rotatable bonds is 6. The molecular weight excluding hydrogens is 284 g/mol. The third-order valence-electron chi connectivity index (χ3n) is 4.49. The number of nitrogens with zero attached hydrogens (tertiary/aromatic N) is 1. The van der Waals surface area contributed by atoms with Gasteiger partial charge in [-0.25, -0.2) is 0 Å². The molecule has 23 heavy (non-hydrogen) atoms. The number of carbonyl (C=O) groups is 1. The average Bonchev–Trinajstić information content (AvgIpc) is 3.36. The summed E-state index contributed by atoms with van der Waals surface area (Å²) in [6.07, 6.45) is 1.90. The number of amides is 1. The van der Waals surface area contributed by atoms with Gasteiger partial charge in [-0.3, -0.25) is 4.79 Å². The molecule has 2 aromatic carbocycles. The quantitative estimate of drug-likeness (QED) is 0.889. The molecule has 3 nitrogen and oxygen atoms in total. The molecule has 0 saturated heterocycles. The van der Waals surface area contributed by atoms with E-state index in [9.17, 15) is 4.79 Å². The molecule has 2 aromatic rings. The molecule has 1 amide bonds. The summed E-state index contributed by atoms with van der Waals surface area (Å²) in [5.41, 5.74) is 3.28. The Kier molecular flexibility index (Phi) is 4.49. The van der Waals surface area contributed by atoms with Crippen molar-refractivity contribution in [3.05, 3.63) is 71.3 Å². The molecule has 1 N–H and O–H groups in total. The number of hydrogen-bond donors (Lipinski definition) is 1. The molecular formula is C20H24N2O. The second-order valence-corrected chi connectivity index (χ2v) is 6.69. The monoisotopic (exact) mass is 308 g/mol. The minimum Gasteiger partial charge on any atom is -0.351 e. The molecule has 3 heteroatoms. The van der Waals surface area contributed by atoms with E-state index in [1.165, 1.54) is 5.56 Å². The highest BCUT2D eigenvalue weighted by Crippen LogP contribution is 2.48. The van der Waals surface area contributed by atoms with Gasteiger partial charge in [0.1, 0.15) is 0 Å². The molecule has 1 aliphatic carbocycles. The summed E-state index contributed by atoms with van der Waals surface area (Å²) < 4.78 is 0. The first kappa shape index (κ1) is 15.8. The predicted molar refractivity (Wildman–Crippen MR) is 93.0 cm³/mol. The fourth-order valence-electron chi connectivity index (χ4n) is 3.01. The Balaban J connectivity index is 1.59. The highest BCUT2D eigenvalue weighted by molar-refractivity contribution is 5.91. The lowest BCUT2D eigenvalue weighted by Gasteiger charge is -2.16. The average molecular weight is 308 g/mol. The molecule has 1 aliphatic rings. The number of nitrogens with one attached hydrogen (secondary N) is 1. The van der Waals surface area contributed by atoms with Gasteiger partial charge in [0.2, 0.25) is 5.91 Å². The summed E-state index contributed by atoms with van der Waals surface area (Å²) in [5, 5.41) is 3.11. The zero-order valence-electron chi connectivity index (χ0n) is 13.9. The van der Waals surface area contributed by atoms with Crippen molar-refractivity contribution < 1.29 is 4.79 Å². The van der Waals surface area contributed by atoms with Gasteiger partial charge in [-0.1, -0.05) is 54.6 Å². The van der Waals surface area contributed by atoms with Crippen LogP contribution in [0.1, 0.15) is 29.5 Å². The first-order valence-corrected chi connectivity index (χ1v) is 8.16. The van der Waals surface area contributed by atoms with E-state index in [1.807, 2.05) is 18.2 Å². The fraction of sp³-hybridized carbons (Fsp3) is 0.350. The maximum atomic E-state index is 12.6. The summed E-state index contributed by atoms with van der Waals surface area (Å²) in [6, 6.07) is 18.6. The van der Waals surface area contributed by atoms with Gasteiger partial charge in [-0.15, -0.1) is 0 Å². The Bertz CT molecular complexity index is 658. The van der Waals surface area contributed by atoms with Crippen LogP contribution >= 0.6 is 0 Å². The standard InChI is InChI=1S/C20H24N2O/c1-22(2)15-17-10-8-16(9-11-17)14-21-19(23)20(12-13-20)18-6-4-3-5-7-18/h3-11H,12-15H2,1-2H3,(H,21,23). The van der Waals surface area contributed by atoms with Crippen LogP contribution in [0.3, 0.4) is 0 Å². The summed E-state index contributed by atoms with van der Waals surface area (Å²) in [7, 11) is 4.12. The third kappa shape index (κ3) is 3.62. The van der Waals surface area contributed by atoms with Crippen LogP contribution in [0.25, 0.3) is 0 Å². The van der Waals surface area contributed by atoms with E-state index in [1.54, 1.807) is 0 Å². The maximum absolute atomic E-state index is 12.6. The molecule has 1 fully saturated rings. The summed E-state index contributed by atoms with van der Waals surface area (Å²) in [4.78, 5) is 14.7. The minimum atomic E-state index is -0.286. The van der Waals surface area contributed by atoms with E-state index in [4.69, 9.17) is 0 Å². The third-order valence-corrected chi connectivity index (χ3v) is 4.49. The minimum absolute atomic E-state index is 0.154. The predicted octanol–water partition coefficient (Wildman–Crippen LogP) is 3.10. The van der Waals surface area contributed by atoms with E-state index in [2.05, 4.69) is 60.7 Å². The second-order valence-electron chi connectivity index (χ2n) is 6.69. The SMILES string of the molecule is CN(C)Cc1ccc(CNC(=O)C2(c3ccccc3)CC2)cc1. The van der Waals surface area contributed by atoms with Crippen molar-refractivity contribution in [1.82, 2.24) is 10.2 Å². The van der Waals surface area contributed by atoms with E-state index in [-0.39, 0.29) is 11.3 Å². The molecule has 0 spiro atoms. The maximum Gasteiger partial charge on any atom is 0.230 e. The van der Waals surface area contributed by atoms with Crippen molar-refractivity contribution >= 4 is 5.91 Å². The van der Waals surface area contributed by atoms with Crippen molar-refractivity contribution in [3.8, 4) is 0 Å². The lowest BCUT2D eigenvalue weighted by atomic mass is 9.95.